The SMILES string of the molecule is COc1ccc(/C=C2\SC(=S)N(NC(=O)c3ccc(Cl)cc3Cl)C2=O)cc1. The number of hydrazine groups is 1. The number of thiocarbonyl (C=S) groups is 1. The highest BCUT2D eigenvalue weighted by atomic mass is 35.5. The third-order valence-electron chi connectivity index (χ3n) is 3.60. The summed E-state index contributed by atoms with van der Waals surface area (Å²) in [6.07, 6.45) is 1.69. The van der Waals surface area contributed by atoms with Gasteiger partial charge in [0.25, 0.3) is 11.8 Å². The Bertz CT molecular complexity index is 962. The van der Waals surface area contributed by atoms with Crippen LogP contribution in [0.5, 0.6) is 5.75 Å². The van der Waals surface area contributed by atoms with Crippen LogP contribution in [-0.4, -0.2) is 28.3 Å². The molecule has 1 aliphatic heterocycles. The lowest BCUT2D eigenvalue weighted by Gasteiger charge is -2.16. The maximum absolute atomic E-state index is 12.6. The summed E-state index contributed by atoms with van der Waals surface area (Å²) in [5.41, 5.74) is 3.48. The number of nitrogens with zero attached hydrogens (tertiary/aromatic N) is 1. The quantitative estimate of drug-likeness (QED) is 0.560. The van der Waals surface area contributed by atoms with E-state index in [4.69, 9.17) is 40.2 Å². The van der Waals surface area contributed by atoms with Crippen molar-refractivity contribution in [3.05, 3.63) is 68.5 Å². The third-order valence-corrected chi connectivity index (χ3v) is 5.45. The highest BCUT2D eigenvalue weighted by Crippen LogP contribution is 2.32. The van der Waals surface area contributed by atoms with Gasteiger partial charge in [0.05, 0.1) is 22.6 Å². The van der Waals surface area contributed by atoms with Crippen LogP contribution in [-0.2, 0) is 4.79 Å². The highest BCUT2D eigenvalue weighted by molar-refractivity contribution is 8.26. The van der Waals surface area contributed by atoms with Gasteiger partial charge in [0.2, 0.25) is 0 Å². The number of methoxy groups -OCH3 is 1. The zero-order chi connectivity index (χ0) is 19.6. The molecule has 0 radical (unpaired) electrons. The molecular formula is C18H12Cl2N2O3S2. The van der Waals surface area contributed by atoms with Crippen molar-refractivity contribution in [1.29, 1.82) is 0 Å². The second kappa shape index (κ2) is 8.31. The summed E-state index contributed by atoms with van der Waals surface area (Å²) in [4.78, 5) is 25.4. The predicted octanol–water partition coefficient (Wildman–Crippen LogP) is 4.55. The molecule has 0 aromatic heterocycles. The number of carbonyl (C=O) groups excluding carboxylic acids is 2. The summed E-state index contributed by atoms with van der Waals surface area (Å²) in [7, 11) is 1.58. The van der Waals surface area contributed by atoms with Gasteiger partial charge in [-0.3, -0.25) is 15.0 Å². The van der Waals surface area contributed by atoms with Crippen molar-refractivity contribution in [2.45, 2.75) is 0 Å². The number of halogens is 2. The molecular weight excluding hydrogens is 427 g/mol. The Morgan fingerprint density at radius 1 is 1.22 bits per heavy atom. The van der Waals surface area contributed by atoms with Crippen LogP contribution in [0, 0.1) is 0 Å². The van der Waals surface area contributed by atoms with E-state index in [-0.39, 0.29) is 14.9 Å². The lowest BCUT2D eigenvalue weighted by molar-refractivity contribution is -0.123. The van der Waals surface area contributed by atoms with Gasteiger partial charge in [0.15, 0.2) is 4.32 Å². The van der Waals surface area contributed by atoms with E-state index < -0.39 is 11.8 Å². The molecule has 1 saturated heterocycles. The number of rotatable bonds is 4. The van der Waals surface area contributed by atoms with Gasteiger partial charge in [0, 0.05) is 5.02 Å². The molecule has 0 aliphatic carbocycles. The number of hydrogen-bond acceptors (Lipinski definition) is 5. The predicted molar refractivity (Wildman–Crippen MR) is 112 cm³/mol. The van der Waals surface area contributed by atoms with Gasteiger partial charge in [-0.25, -0.2) is 0 Å². The van der Waals surface area contributed by atoms with Crippen LogP contribution in [0.15, 0.2) is 47.4 Å². The van der Waals surface area contributed by atoms with Crippen LogP contribution in [0.25, 0.3) is 6.08 Å². The van der Waals surface area contributed by atoms with Gasteiger partial charge in [0.1, 0.15) is 5.75 Å². The Morgan fingerprint density at radius 2 is 1.93 bits per heavy atom. The molecule has 3 rings (SSSR count). The molecule has 0 atom stereocenters. The number of nitrogens with one attached hydrogen (secondary N) is 1. The number of hydrogen-bond donors (Lipinski definition) is 1. The molecule has 1 aliphatic rings. The lowest BCUT2D eigenvalue weighted by atomic mass is 10.2. The molecule has 1 heterocycles. The Morgan fingerprint density at radius 3 is 2.56 bits per heavy atom. The van der Waals surface area contributed by atoms with Crippen LogP contribution < -0.4 is 10.2 Å². The minimum Gasteiger partial charge on any atom is -0.497 e. The molecule has 0 unspecified atom stereocenters. The topological polar surface area (TPSA) is 58.6 Å². The first-order valence-corrected chi connectivity index (χ1v) is 9.55. The molecule has 27 heavy (non-hydrogen) atoms. The molecule has 5 nitrogen and oxygen atoms in total. The number of thioether (sulfide) groups is 1. The van der Waals surface area contributed by atoms with Crippen molar-refractivity contribution in [3.8, 4) is 5.75 Å². The first kappa shape index (κ1) is 19.7. The monoisotopic (exact) mass is 438 g/mol. The maximum Gasteiger partial charge on any atom is 0.285 e. The van der Waals surface area contributed by atoms with Crippen LogP contribution in [0.2, 0.25) is 10.0 Å². The number of benzene rings is 2. The first-order valence-electron chi connectivity index (χ1n) is 7.57. The van der Waals surface area contributed by atoms with Gasteiger partial charge < -0.3 is 4.74 Å². The molecule has 2 amide bonds. The smallest absolute Gasteiger partial charge is 0.285 e. The second-order valence-corrected chi connectivity index (χ2v) is 7.87. The van der Waals surface area contributed by atoms with Crippen molar-refractivity contribution >= 4 is 69.4 Å². The van der Waals surface area contributed by atoms with Crippen LogP contribution >= 0.6 is 47.2 Å². The lowest BCUT2D eigenvalue weighted by Crippen LogP contribution is -2.44. The summed E-state index contributed by atoms with van der Waals surface area (Å²) >= 11 is 18.2. The number of amides is 2. The zero-order valence-corrected chi connectivity index (χ0v) is 17.0. The second-order valence-electron chi connectivity index (χ2n) is 5.36. The Kier molecular flexibility index (Phi) is 6.06. The molecule has 1 N–H and O–H groups in total. The molecule has 1 fully saturated rings. The summed E-state index contributed by atoms with van der Waals surface area (Å²) in [5.74, 6) is -0.260. The Balaban J connectivity index is 1.77. The van der Waals surface area contributed by atoms with Gasteiger partial charge >= 0.3 is 0 Å². The number of ether oxygens (including phenoxy) is 1. The average Bonchev–Trinajstić information content (AvgIpc) is 2.89. The maximum atomic E-state index is 12.6. The molecule has 2 aromatic carbocycles. The van der Waals surface area contributed by atoms with Gasteiger partial charge in [-0.15, -0.1) is 0 Å². The van der Waals surface area contributed by atoms with Crippen LogP contribution in [0.4, 0.5) is 0 Å². The van der Waals surface area contributed by atoms with E-state index in [1.807, 2.05) is 12.1 Å². The van der Waals surface area contributed by atoms with Gasteiger partial charge in [-0.2, -0.15) is 5.01 Å². The van der Waals surface area contributed by atoms with Crippen molar-refractivity contribution in [2.24, 2.45) is 0 Å². The fourth-order valence-corrected chi connectivity index (χ4v) is 3.92. The van der Waals surface area contributed by atoms with Gasteiger partial charge in [-0.05, 0) is 54.2 Å². The fraction of sp³-hybridized carbons (Fsp3) is 0.0556. The molecule has 9 heteroatoms. The largest absolute Gasteiger partial charge is 0.497 e. The minimum absolute atomic E-state index is 0.180. The van der Waals surface area contributed by atoms with Crippen molar-refractivity contribution < 1.29 is 14.3 Å². The van der Waals surface area contributed by atoms with E-state index in [0.717, 1.165) is 22.3 Å². The van der Waals surface area contributed by atoms with Crippen LogP contribution in [0.1, 0.15) is 15.9 Å². The van der Waals surface area contributed by atoms with E-state index in [1.165, 1.54) is 18.2 Å². The summed E-state index contributed by atoms with van der Waals surface area (Å²) in [6.45, 7) is 0. The molecule has 0 bridgehead atoms. The van der Waals surface area contributed by atoms with Crippen molar-refractivity contribution in [3.63, 3.8) is 0 Å². The minimum atomic E-state index is -0.557. The summed E-state index contributed by atoms with van der Waals surface area (Å²) in [6, 6.07) is 11.7. The Hall–Kier alpha value is -2.06. The van der Waals surface area contributed by atoms with Crippen molar-refractivity contribution in [1.82, 2.24) is 10.4 Å². The highest BCUT2D eigenvalue weighted by Gasteiger charge is 2.34. The van der Waals surface area contributed by atoms with Crippen molar-refractivity contribution in [2.75, 3.05) is 7.11 Å². The van der Waals surface area contributed by atoms with E-state index in [2.05, 4.69) is 5.43 Å². The normalized spacial score (nSPS) is 15.4. The van der Waals surface area contributed by atoms with E-state index >= 15 is 0 Å². The summed E-state index contributed by atoms with van der Waals surface area (Å²) in [5, 5.41) is 1.62. The van der Waals surface area contributed by atoms with E-state index in [1.54, 1.807) is 25.3 Å². The Labute approximate surface area is 175 Å². The third kappa shape index (κ3) is 4.44. The van der Waals surface area contributed by atoms with Gasteiger partial charge in [-0.1, -0.05) is 47.1 Å². The molecule has 2 aromatic rings. The fourth-order valence-electron chi connectivity index (χ4n) is 2.25. The molecule has 138 valence electrons. The standard InChI is InChI=1S/C18H12Cl2N2O3S2/c1-25-12-5-2-10(3-6-12)8-15-17(24)22(18(26)27-15)21-16(23)13-7-4-11(19)9-14(13)20/h2-9H,1H3,(H,21,23)/b15-8-. The summed E-state index contributed by atoms with van der Waals surface area (Å²) < 4.78 is 5.33. The zero-order valence-electron chi connectivity index (χ0n) is 13.9. The van der Waals surface area contributed by atoms with E-state index in [0.29, 0.717) is 15.7 Å². The van der Waals surface area contributed by atoms with Crippen LogP contribution in [0.3, 0.4) is 0 Å². The molecule has 0 saturated carbocycles. The molecule has 0 spiro atoms. The van der Waals surface area contributed by atoms with E-state index in [9.17, 15) is 9.59 Å². The first-order chi connectivity index (χ1) is 12.9. The average molecular weight is 439 g/mol. The number of carbonyl (C=O) groups is 2.